The number of rotatable bonds is 6. The van der Waals surface area contributed by atoms with E-state index < -0.39 is 0 Å². The largest absolute Gasteiger partial charge is 0.373 e. The molecule has 2 saturated heterocycles. The lowest BCUT2D eigenvalue weighted by Crippen LogP contribution is -2.56. The average Bonchev–Trinajstić information content (AvgIpc) is 2.76. The van der Waals surface area contributed by atoms with Gasteiger partial charge in [-0.25, -0.2) is 4.98 Å². The highest BCUT2D eigenvalue weighted by molar-refractivity contribution is 6.35. The number of likely N-dealkylation sites (tertiary alicyclic amines) is 1. The number of anilines is 2. The number of carbonyl (C=O) groups excluding carboxylic acids is 2. The Bertz CT molecular complexity index is 1080. The minimum Gasteiger partial charge on any atom is -0.363 e. The summed E-state index contributed by atoms with van der Waals surface area (Å²) in [6.07, 6.45) is 5.77. The summed E-state index contributed by atoms with van der Waals surface area (Å²) in [5, 5.41) is 4.81. The fourth-order valence-corrected chi connectivity index (χ4v) is 6.38. The number of aryl methyl sites for hydroxylation is 1. The molecule has 0 spiro atoms. The molecule has 3 fully saturated rings. The zero-order chi connectivity index (χ0) is 25.8. The van der Waals surface area contributed by atoms with E-state index in [1.807, 2.05) is 25.1 Å². The van der Waals surface area contributed by atoms with Gasteiger partial charge in [0.25, 0.3) is 0 Å². The van der Waals surface area contributed by atoms with E-state index in [9.17, 15) is 0 Å². The smallest absolute Gasteiger partial charge is 0.363 e. The van der Waals surface area contributed by atoms with Gasteiger partial charge in [-0.05, 0) is 81.5 Å². The molecule has 36 heavy (non-hydrogen) atoms. The fourth-order valence-electron chi connectivity index (χ4n) is 5.81. The standard InChI is InChI=1S/C26H35Cl2N5.CO2/c1-16-9-22(10-16)32-8-4-5-19(13-32)20-14-33(15-20)26-29-17(2)11-25(31-26)30-18(3)23-7-6-21(27)12-24(23)28;2-1-3/h6-7,11-12,16,18-20,22H,4-5,8-10,13-15H2,1-3H3,(H,29,30,31);/t16?,18-,19+,22?;/m1./s1. The van der Waals surface area contributed by atoms with Crippen molar-refractivity contribution >= 4 is 41.1 Å². The highest BCUT2D eigenvalue weighted by Gasteiger charge is 2.40. The molecule has 1 aliphatic carbocycles. The van der Waals surface area contributed by atoms with Crippen LogP contribution in [-0.4, -0.2) is 53.2 Å². The summed E-state index contributed by atoms with van der Waals surface area (Å²) < 4.78 is 0. The van der Waals surface area contributed by atoms with Crippen molar-refractivity contribution in [2.24, 2.45) is 17.8 Å². The molecule has 0 bridgehead atoms. The number of aromatic nitrogens is 2. The second kappa shape index (κ2) is 11.9. The highest BCUT2D eigenvalue weighted by atomic mass is 35.5. The van der Waals surface area contributed by atoms with Crippen LogP contribution in [0.3, 0.4) is 0 Å². The Morgan fingerprint density at radius 2 is 1.81 bits per heavy atom. The SMILES string of the molecule is Cc1cc(N[C@H](C)c2ccc(Cl)cc2Cl)nc(N2CC([C@H]3CCCN(C4CC(C)C4)C3)C2)n1.O=C=O. The lowest BCUT2D eigenvalue weighted by atomic mass is 9.76. The van der Waals surface area contributed by atoms with Crippen LogP contribution >= 0.6 is 23.2 Å². The van der Waals surface area contributed by atoms with E-state index in [0.29, 0.717) is 10.0 Å². The molecule has 2 atom stereocenters. The van der Waals surface area contributed by atoms with Crippen LogP contribution < -0.4 is 10.2 Å². The maximum absolute atomic E-state index is 8.12. The van der Waals surface area contributed by atoms with Gasteiger partial charge in [0.1, 0.15) is 5.82 Å². The van der Waals surface area contributed by atoms with Crippen molar-refractivity contribution in [2.45, 2.75) is 58.5 Å². The third kappa shape index (κ3) is 6.38. The summed E-state index contributed by atoms with van der Waals surface area (Å²) in [7, 11) is 0. The van der Waals surface area contributed by atoms with E-state index in [1.54, 1.807) is 6.07 Å². The van der Waals surface area contributed by atoms with Gasteiger partial charge in [0.05, 0.1) is 6.04 Å². The summed E-state index contributed by atoms with van der Waals surface area (Å²) in [6, 6.07) is 8.49. The first-order valence-corrected chi connectivity index (χ1v) is 13.6. The molecular weight excluding hydrogens is 497 g/mol. The Kier molecular flexibility index (Phi) is 8.89. The van der Waals surface area contributed by atoms with Crippen LogP contribution in [0.4, 0.5) is 11.8 Å². The first-order chi connectivity index (χ1) is 17.3. The normalized spacial score (nSPS) is 25.0. The molecule has 1 aromatic carbocycles. The summed E-state index contributed by atoms with van der Waals surface area (Å²) in [6.45, 7) is 11.2. The summed E-state index contributed by atoms with van der Waals surface area (Å²) in [5.41, 5.74) is 1.98. The van der Waals surface area contributed by atoms with Crippen molar-refractivity contribution in [1.82, 2.24) is 14.9 Å². The number of benzene rings is 1. The number of nitrogens with zero attached hydrogens (tertiary/aromatic N) is 4. The second-order valence-corrected chi connectivity index (χ2v) is 11.4. The van der Waals surface area contributed by atoms with Crippen molar-refractivity contribution < 1.29 is 9.59 Å². The first kappa shape index (κ1) is 26.9. The van der Waals surface area contributed by atoms with E-state index in [4.69, 9.17) is 42.8 Å². The minimum absolute atomic E-state index is 0.0171. The summed E-state index contributed by atoms with van der Waals surface area (Å²) in [4.78, 5) is 31.0. The van der Waals surface area contributed by atoms with Crippen LogP contribution in [-0.2, 0) is 9.59 Å². The summed E-state index contributed by atoms with van der Waals surface area (Å²) in [5.74, 6) is 4.18. The van der Waals surface area contributed by atoms with Crippen LogP contribution in [0, 0.1) is 24.7 Å². The lowest BCUT2D eigenvalue weighted by molar-refractivity contribution is -0.191. The van der Waals surface area contributed by atoms with E-state index >= 15 is 0 Å². The number of halogens is 2. The Balaban J connectivity index is 0.000000967. The maximum Gasteiger partial charge on any atom is 0.373 e. The van der Waals surface area contributed by atoms with Crippen molar-refractivity contribution in [1.29, 1.82) is 0 Å². The van der Waals surface area contributed by atoms with E-state index in [-0.39, 0.29) is 12.2 Å². The molecule has 0 amide bonds. The molecule has 7 nitrogen and oxygen atoms in total. The Morgan fingerprint density at radius 1 is 1.08 bits per heavy atom. The van der Waals surface area contributed by atoms with Gasteiger partial charge in [-0.3, -0.25) is 0 Å². The monoisotopic (exact) mass is 531 g/mol. The van der Waals surface area contributed by atoms with Crippen LogP contribution in [0.25, 0.3) is 0 Å². The van der Waals surface area contributed by atoms with Gasteiger partial charge >= 0.3 is 6.15 Å². The Morgan fingerprint density at radius 3 is 2.47 bits per heavy atom. The topological polar surface area (TPSA) is 78.4 Å². The van der Waals surface area contributed by atoms with Gasteiger partial charge in [-0.1, -0.05) is 36.2 Å². The van der Waals surface area contributed by atoms with Gasteiger partial charge in [0, 0.05) is 47.5 Å². The number of hydrogen-bond donors (Lipinski definition) is 1. The van der Waals surface area contributed by atoms with Crippen molar-refractivity contribution in [3.63, 3.8) is 0 Å². The predicted octanol–water partition coefficient (Wildman–Crippen LogP) is 5.63. The van der Waals surface area contributed by atoms with Gasteiger partial charge in [-0.15, -0.1) is 0 Å². The highest BCUT2D eigenvalue weighted by Crippen LogP contribution is 2.38. The maximum atomic E-state index is 8.12. The van der Waals surface area contributed by atoms with Gasteiger partial charge in [-0.2, -0.15) is 14.6 Å². The molecule has 3 aliphatic rings. The van der Waals surface area contributed by atoms with Crippen molar-refractivity contribution in [2.75, 3.05) is 36.4 Å². The quantitative estimate of drug-likeness (QED) is 0.517. The third-order valence-corrected chi connectivity index (χ3v) is 8.41. The van der Waals surface area contributed by atoms with Gasteiger partial charge < -0.3 is 15.1 Å². The Hall–Kier alpha value is -2.18. The average molecular weight is 533 g/mol. The predicted molar refractivity (Wildman–Crippen MR) is 142 cm³/mol. The first-order valence-electron chi connectivity index (χ1n) is 12.8. The zero-order valence-corrected chi connectivity index (χ0v) is 22.7. The molecule has 1 N–H and O–H groups in total. The molecule has 2 aromatic rings. The molecule has 3 heterocycles. The molecular formula is C27H35Cl2N5O2. The molecule has 1 aromatic heterocycles. The lowest BCUT2D eigenvalue weighted by Gasteiger charge is -2.50. The van der Waals surface area contributed by atoms with Crippen LogP contribution in [0.1, 0.15) is 56.8 Å². The van der Waals surface area contributed by atoms with Gasteiger partial charge in [0.15, 0.2) is 0 Å². The Labute approximate surface area is 223 Å². The molecule has 9 heteroatoms. The fraction of sp³-hybridized carbons (Fsp3) is 0.593. The van der Waals surface area contributed by atoms with Crippen LogP contribution in [0.15, 0.2) is 24.3 Å². The molecule has 2 aliphatic heterocycles. The number of nitrogens with one attached hydrogen (secondary N) is 1. The molecule has 5 rings (SSSR count). The molecule has 194 valence electrons. The van der Waals surface area contributed by atoms with Gasteiger partial charge in [0.2, 0.25) is 5.95 Å². The van der Waals surface area contributed by atoms with E-state index in [0.717, 1.165) is 59.9 Å². The molecule has 0 unspecified atom stereocenters. The van der Waals surface area contributed by atoms with E-state index in [2.05, 4.69) is 29.0 Å². The number of piperidine rings is 1. The van der Waals surface area contributed by atoms with Crippen LogP contribution in [0.5, 0.6) is 0 Å². The molecule has 1 saturated carbocycles. The zero-order valence-electron chi connectivity index (χ0n) is 21.2. The van der Waals surface area contributed by atoms with Crippen molar-refractivity contribution in [3.05, 3.63) is 45.6 Å². The number of hydrogen-bond acceptors (Lipinski definition) is 7. The second-order valence-electron chi connectivity index (χ2n) is 10.6. The third-order valence-electron chi connectivity index (χ3n) is 7.85. The van der Waals surface area contributed by atoms with Crippen molar-refractivity contribution in [3.8, 4) is 0 Å². The minimum atomic E-state index is 0.0171. The summed E-state index contributed by atoms with van der Waals surface area (Å²) >= 11 is 12.5. The van der Waals surface area contributed by atoms with Crippen LogP contribution in [0.2, 0.25) is 10.0 Å². The molecule has 0 radical (unpaired) electrons. The van der Waals surface area contributed by atoms with E-state index in [1.165, 1.54) is 38.8 Å².